The maximum absolute atomic E-state index is 12.9. The first kappa shape index (κ1) is 18.8. The third kappa shape index (κ3) is 4.20. The summed E-state index contributed by atoms with van der Waals surface area (Å²) in [5, 5.41) is 3.62. The van der Waals surface area contributed by atoms with Crippen LogP contribution in [-0.2, 0) is 6.18 Å². The number of aromatic nitrogens is 2. The van der Waals surface area contributed by atoms with Crippen molar-refractivity contribution < 1.29 is 13.2 Å². The molecule has 0 spiro atoms. The smallest absolute Gasteiger partial charge is 0.339 e. The van der Waals surface area contributed by atoms with Crippen LogP contribution in [0.4, 0.5) is 24.7 Å². The molecule has 0 bridgehead atoms. The summed E-state index contributed by atoms with van der Waals surface area (Å²) < 4.78 is 38.7. The molecule has 0 atom stereocenters. The number of rotatable bonds is 3. The van der Waals surface area contributed by atoms with Gasteiger partial charge in [-0.25, -0.2) is 9.97 Å². The van der Waals surface area contributed by atoms with Gasteiger partial charge in [-0.2, -0.15) is 13.2 Å². The van der Waals surface area contributed by atoms with Gasteiger partial charge in [0.25, 0.3) is 0 Å². The Hall–Kier alpha value is -2.02. The van der Waals surface area contributed by atoms with Gasteiger partial charge in [-0.05, 0) is 24.3 Å². The Balaban J connectivity index is 2.00. The van der Waals surface area contributed by atoms with E-state index in [0.29, 0.717) is 10.7 Å². The molecule has 1 N–H and O–H groups in total. The lowest BCUT2D eigenvalue weighted by atomic mass is 10.1. The number of alkyl halides is 3. The van der Waals surface area contributed by atoms with E-state index in [0.717, 1.165) is 12.1 Å². The minimum atomic E-state index is -4.47. The van der Waals surface area contributed by atoms with Crippen molar-refractivity contribution in [3.63, 3.8) is 0 Å². The lowest BCUT2D eigenvalue weighted by Crippen LogP contribution is -2.05. The van der Waals surface area contributed by atoms with Crippen LogP contribution in [0, 0.1) is 0 Å². The molecule has 26 heavy (non-hydrogen) atoms. The molecule has 0 radical (unpaired) electrons. The number of benzene rings is 2. The first-order chi connectivity index (χ1) is 12.2. The minimum absolute atomic E-state index is 0.0456. The predicted molar refractivity (Wildman–Crippen MR) is 97.2 cm³/mol. The van der Waals surface area contributed by atoms with Gasteiger partial charge in [0.05, 0.1) is 21.3 Å². The molecule has 0 aliphatic carbocycles. The van der Waals surface area contributed by atoms with Crippen molar-refractivity contribution in [2.24, 2.45) is 0 Å². The van der Waals surface area contributed by atoms with Gasteiger partial charge >= 0.3 is 6.18 Å². The summed E-state index contributed by atoms with van der Waals surface area (Å²) in [4.78, 5) is 8.21. The Bertz CT molecular complexity index is 961. The van der Waals surface area contributed by atoms with Crippen LogP contribution in [-0.4, -0.2) is 9.97 Å². The molecule has 3 nitrogen and oxygen atoms in total. The van der Waals surface area contributed by atoms with Crippen LogP contribution in [0.2, 0.25) is 15.2 Å². The fourth-order valence-corrected chi connectivity index (χ4v) is 2.71. The molecule has 0 amide bonds. The van der Waals surface area contributed by atoms with Gasteiger partial charge in [0, 0.05) is 11.6 Å². The molecule has 3 aromatic rings. The van der Waals surface area contributed by atoms with Crippen molar-refractivity contribution in [3.05, 3.63) is 69.3 Å². The highest BCUT2D eigenvalue weighted by molar-refractivity contribution is 6.43. The van der Waals surface area contributed by atoms with E-state index in [1.165, 1.54) is 18.2 Å². The Kier molecular flexibility index (Phi) is 5.27. The highest BCUT2D eigenvalue weighted by Crippen LogP contribution is 2.34. The molecule has 9 heteroatoms. The number of hydrogen-bond acceptors (Lipinski definition) is 3. The van der Waals surface area contributed by atoms with E-state index in [9.17, 15) is 13.2 Å². The van der Waals surface area contributed by atoms with E-state index in [2.05, 4.69) is 15.3 Å². The quantitative estimate of drug-likeness (QED) is 0.472. The maximum Gasteiger partial charge on any atom is 0.416 e. The lowest BCUT2D eigenvalue weighted by molar-refractivity contribution is -0.137. The zero-order chi connectivity index (χ0) is 18.9. The van der Waals surface area contributed by atoms with Crippen LogP contribution in [0.3, 0.4) is 0 Å². The monoisotopic (exact) mass is 417 g/mol. The maximum atomic E-state index is 12.9. The van der Waals surface area contributed by atoms with Crippen LogP contribution < -0.4 is 5.32 Å². The standard InChI is InChI=1S/C17H9Cl3F3N3/c18-11-5-2-6-12(15(11)20)24-14-8-13(19)25-16(26-14)9-3-1-4-10(7-9)17(21,22)23/h1-8H,(H,24,25,26). The van der Waals surface area contributed by atoms with Crippen LogP contribution in [0.1, 0.15) is 5.56 Å². The van der Waals surface area contributed by atoms with E-state index in [-0.39, 0.29) is 27.4 Å². The average Bonchev–Trinajstić information content (AvgIpc) is 2.58. The van der Waals surface area contributed by atoms with Crippen molar-refractivity contribution in [2.75, 3.05) is 5.32 Å². The van der Waals surface area contributed by atoms with E-state index >= 15 is 0 Å². The second-order valence-corrected chi connectivity index (χ2v) is 6.38. The van der Waals surface area contributed by atoms with Gasteiger partial charge in [0.15, 0.2) is 5.82 Å². The molecule has 3 rings (SSSR count). The van der Waals surface area contributed by atoms with E-state index < -0.39 is 11.7 Å². The van der Waals surface area contributed by atoms with Gasteiger partial charge in [-0.3, -0.25) is 0 Å². The van der Waals surface area contributed by atoms with Crippen LogP contribution in [0.5, 0.6) is 0 Å². The first-order valence-electron chi connectivity index (χ1n) is 7.17. The summed E-state index contributed by atoms with van der Waals surface area (Å²) in [6.45, 7) is 0. The number of anilines is 2. The van der Waals surface area contributed by atoms with Crippen LogP contribution in [0.25, 0.3) is 11.4 Å². The second-order valence-electron chi connectivity index (χ2n) is 5.20. The van der Waals surface area contributed by atoms with Gasteiger partial charge in [-0.15, -0.1) is 0 Å². The fraction of sp³-hybridized carbons (Fsp3) is 0.0588. The molecular weight excluding hydrogens is 410 g/mol. The summed E-state index contributed by atoms with van der Waals surface area (Å²) in [5.74, 6) is 0.311. The lowest BCUT2D eigenvalue weighted by Gasteiger charge is -2.11. The Morgan fingerprint density at radius 1 is 0.885 bits per heavy atom. The molecular formula is C17H9Cl3F3N3. The summed E-state index contributed by atoms with van der Waals surface area (Å²) in [6.07, 6.45) is -4.47. The second kappa shape index (κ2) is 7.31. The van der Waals surface area contributed by atoms with Crippen molar-refractivity contribution in [2.45, 2.75) is 6.18 Å². The zero-order valence-electron chi connectivity index (χ0n) is 12.8. The van der Waals surface area contributed by atoms with Crippen LogP contribution >= 0.6 is 34.8 Å². The molecule has 0 saturated carbocycles. The molecule has 1 heterocycles. The Morgan fingerprint density at radius 3 is 2.35 bits per heavy atom. The molecule has 0 saturated heterocycles. The van der Waals surface area contributed by atoms with Crippen molar-refractivity contribution in [1.82, 2.24) is 9.97 Å². The van der Waals surface area contributed by atoms with Crippen molar-refractivity contribution >= 4 is 46.3 Å². The van der Waals surface area contributed by atoms with E-state index in [4.69, 9.17) is 34.8 Å². The minimum Gasteiger partial charge on any atom is -0.339 e. The van der Waals surface area contributed by atoms with Crippen molar-refractivity contribution in [3.8, 4) is 11.4 Å². The summed E-state index contributed by atoms with van der Waals surface area (Å²) in [6, 6.07) is 11.1. The Morgan fingerprint density at radius 2 is 1.62 bits per heavy atom. The highest BCUT2D eigenvalue weighted by atomic mass is 35.5. The van der Waals surface area contributed by atoms with Gasteiger partial charge in [-0.1, -0.05) is 53.0 Å². The van der Waals surface area contributed by atoms with E-state index in [1.807, 2.05) is 0 Å². The molecule has 134 valence electrons. The molecule has 2 aromatic carbocycles. The number of nitrogens with zero attached hydrogens (tertiary/aromatic N) is 2. The summed E-state index contributed by atoms with van der Waals surface area (Å²) in [7, 11) is 0. The SMILES string of the molecule is FC(F)(F)c1cccc(-c2nc(Cl)cc(Nc3cccc(Cl)c3Cl)n2)c1. The molecule has 0 fully saturated rings. The normalized spacial score (nSPS) is 11.5. The molecule has 0 unspecified atom stereocenters. The third-order valence-electron chi connectivity index (χ3n) is 3.36. The molecule has 0 aliphatic heterocycles. The van der Waals surface area contributed by atoms with Gasteiger partial charge in [0.1, 0.15) is 11.0 Å². The number of hydrogen-bond donors (Lipinski definition) is 1. The van der Waals surface area contributed by atoms with Crippen LogP contribution in [0.15, 0.2) is 48.5 Å². The van der Waals surface area contributed by atoms with Gasteiger partial charge < -0.3 is 5.32 Å². The number of nitrogens with one attached hydrogen (secondary N) is 1. The topological polar surface area (TPSA) is 37.8 Å². The zero-order valence-corrected chi connectivity index (χ0v) is 15.0. The highest BCUT2D eigenvalue weighted by Gasteiger charge is 2.30. The summed E-state index contributed by atoms with van der Waals surface area (Å²) in [5.41, 5.74) is -0.141. The van der Waals surface area contributed by atoms with E-state index in [1.54, 1.807) is 18.2 Å². The first-order valence-corrected chi connectivity index (χ1v) is 8.30. The van der Waals surface area contributed by atoms with Crippen molar-refractivity contribution in [1.29, 1.82) is 0 Å². The van der Waals surface area contributed by atoms with Gasteiger partial charge in [0.2, 0.25) is 0 Å². The summed E-state index contributed by atoms with van der Waals surface area (Å²) >= 11 is 18.1. The average molecular weight is 419 g/mol. The Labute approximate surface area is 161 Å². The fourth-order valence-electron chi connectivity index (χ4n) is 2.18. The largest absolute Gasteiger partial charge is 0.416 e. The molecule has 0 aliphatic rings. The predicted octanol–water partition coefficient (Wildman–Crippen LogP) is 6.87. The third-order valence-corrected chi connectivity index (χ3v) is 4.37. The molecule has 1 aromatic heterocycles. The number of halogens is 6.